The van der Waals surface area contributed by atoms with Crippen LogP contribution < -0.4 is 15.0 Å². The number of para-hydroxylation sites is 1. The van der Waals surface area contributed by atoms with Gasteiger partial charge in [-0.15, -0.1) is 0 Å². The number of hydrogen-bond donors (Lipinski definition) is 1. The second-order valence-corrected chi connectivity index (χ2v) is 10.2. The largest absolute Gasteiger partial charge is 0.495 e. The van der Waals surface area contributed by atoms with E-state index < -0.39 is 0 Å². The first-order chi connectivity index (χ1) is 17.8. The van der Waals surface area contributed by atoms with E-state index in [1.54, 1.807) is 7.11 Å². The molecule has 190 valence electrons. The number of pyridine rings is 1. The number of anilines is 1. The fourth-order valence-corrected chi connectivity index (χ4v) is 6.11. The first kappa shape index (κ1) is 25.3. The number of aromatic nitrogens is 2. The van der Waals surface area contributed by atoms with E-state index in [1.165, 1.54) is 33.8 Å². The van der Waals surface area contributed by atoms with Gasteiger partial charge in [0.15, 0.2) is 5.11 Å². The summed E-state index contributed by atoms with van der Waals surface area (Å²) in [4.78, 5) is 6.86. The first-order valence-corrected chi connectivity index (χ1v) is 13.3. The Morgan fingerprint density at radius 1 is 1.05 bits per heavy atom. The third-order valence-electron chi connectivity index (χ3n) is 7.23. The third-order valence-corrected chi connectivity index (χ3v) is 7.84. The fraction of sp³-hybridized carbons (Fsp3) is 0.267. The molecule has 0 saturated carbocycles. The van der Waals surface area contributed by atoms with Crippen molar-refractivity contribution in [2.75, 3.05) is 12.0 Å². The summed E-state index contributed by atoms with van der Waals surface area (Å²) in [6.07, 6.45) is 2.79. The number of benzene rings is 2. The van der Waals surface area contributed by atoms with Crippen LogP contribution in [0.15, 0.2) is 66.9 Å². The number of halogens is 1. The monoisotopic (exact) mass is 530 g/mol. The molecule has 2 aromatic carbocycles. The Morgan fingerprint density at radius 2 is 1.86 bits per heavy atom. The lowest BCUT2D eigenvalue weighted by atomic mass is 9.96. The number of methoxy groups -OCH3 is 1. The molecule has 1 aliphatic rings. The predicted octanol–water partition coefficient (Wildman–Crippen LogP) is 7.20. The van der Waals surface area contributed by atoms with E-state index in [0.29, 0.717) is 15.9 Å². The molecule has 1 N–H and O–H groups in total. The molecule has 0 radical (unpaired) electrons. The van der Waals surface area contributed by atoms with E-state index in [-0.39, 0.29) is 12.1 Å². The molecule has 37 heavy (non-hydrogen) atoms. The molecular formula is C30H31ClN4OS. The van der Waals surface area contributed by atoms with Crippen molar-refractivity contribution < 1.29 is 4.74 Å². The van der Waals surface area contributed by atoms with Crippen molar-refractivity contribution >= 4 is 34.6 Å². The zero-order chi connectivity index (χ0) is 26.3. The average molecular weight is 531 g/mol. The Bertz CT molecular complexity index is 1470. The Kier molecular flexibility index (Phi) is 6.97. The highest BCUT2D eigenvalue weighted by Gasteiger charge is 2.42. The van der Waals surface area contributed by atoms with E-state index in [1.807, 2.05) is 42.6 Å². The number of aryl methyl sites for hydroxylation is 3. The maximum Gasteiger partial charge on any atom is 0.174 e. The van der Waals surface area contributed by atoms with Gasteiger partial charge in [-0.2, -0.15) is 0 Å². The van der Waals surface area contributed by atoms with Gasteiger partial charge in [0.25, 0.3) is 0 Å². The minimum Gasteiger partial charge on any atom is -0.495 e. The van der Waals surface area contributed by atoms with Crippen molar-refractivity contribution in [3.8, 4) is 11.4 Å². The number of rotatable bonds is 6. The van der Waals surface area contributed by atoms with Crippen molar-refractivity contribution in [1.82, 2.24) is 14.9 Å². The summed E-state index contributed by atoms with van der Waals surface area (Å²) < 4.78 is 7.79. The maximum atomic E-state index is 6.56. The zero-order valence-corrected chi connectivity index (χ0v) is 23.3. The van der Waals surface area contributed by atoms with Crippen molar-refractivity contribution in [1.29, 1.82) is 0 Å². The summed E-state index contributed by atoms with van der Waals surface area (Å²) in [5.41, 5.74) is 9.24. The van der Waals surface area contributed by atoms with Gasteiger partial charge in [-0.1, -0.05) is 42.8 Å². The minimum absolute atomic E-state index is 0.124. The Balaban J connectivity index is 1.71. The third kappa shape index (κ3) is 4.38. The molecule has 0 bridgehead atoms. The van der Waals surface area contributed by atoms with Crippen LogP contribution in [0.3, 0.4) is 0 Å². The van der Waals surface area contributed by atoms with Gasteiger partial charge in [-0.3, -0.25) is 4.98 Å². The lowest BCUT2D eigenvalue weighted by Crippen LogP contribution is -2.29. The molecule has 2 atom stereocenters. The topological polar surface area (TPSA) is 42.3 Å². The van der Waals surface area contributed by atoms with E-state index >= 15 is 0 Å². The maximum absolute atomic E-state index is 6.56. The fourth-order valence-electron chi connectivity index (χ4n) is 5.51. The van der Waals surface area contributed by atoms with Crippen molar-refractivity contribution in [3.63, 3.8) is 0 Å². The number of ether oxygens (including phenoxy) is 1. The number of thiocarbonyl (C=S) groups is 1. The van der Waals surface area contributed by atoms with E-state index in [2.05, 4.69) is 66.7 Å². The van der Waals surface area contributed by atoms with Crippen LogP contribution in [0.25, 0.3) is 5.69 Å². The van der Waals surface area contributed by atoms with Gasteiger partial charge in [0.1, 0.15) is 5.75 Å². The van der Waals surface area contributed by atoms with Gasteiger partial charge < -0.3 is 19.5 Å². The highest BCUT2D eigenvalue weighted by atomic mass is 35.5. The van der Waals surface area contributed by atoms with Crippen LogP contribution in [-0.4, -0.2) is 21.8 Å². The summed E-state index contributed by atoms with van der Waals surface area (Å²) in [5, 5.41) is 4.73. The van der Waals surface area contributed by atoms with Crippen LogP contribution in [-0.2, 0) is 6.42 Å². The van der Waals surface area contributed by atoms with Crippen LogP contribution in [0.5, 0.6) is 5.75 Å². The first-order valence-electron chi connectivity index (χ1n) is 12.5. The number of hydrogen-bond acceptors (Lipinski definition) is 3. The highest BCUT2D eigenvalue weighted by Crippen LogP contribution is 2.45. The smallest absolute Gasteiger partial charge is 0.174 e. The van der Waals surface area contributed by atoms with Crippen molar-refractivity contribution in [2.45, 2.75) is 46.2 Å². The van der Waals surface area contributed by atoms with Crippen LogP contribution in [0.2, 0.25) is 5.02 Å². The zero-order valence-electron chi connectivity index (χ0n) is 21.7. The van der Waals surface area contributed by atoms with Crippen LogP contribution in [0.1, 0.15) is 52.8 Å². The van der Waals surface area contributed by atoms with Gasteiger partial charge in [0.2, 0.25) is 0 Å². The Morgan fingerprint density at radius 3 is 2.54 bits per heavy atom. The second kappa shape index (κ2) is 10.2. The summed E-state index contributed by atoms with van der Waals surface area (Å²) in [6.45, 7) is 8.76. The summed E-state index contributed by atoms with van der Waals surface area (Å²) >= 11 is 12.5. The lowest BCUT2D eigenvalue weighted by molar-refractivity contribution is 0.415. The predicted molar refractivity (Wildman–Crippen MR) is 155 cm³/mol. The SMILES string of the molecule is CCc1cccc(C)c1-n1c(C)cc([C@H]2[C@@H](c3ccccn3)NC(=S)N2c2ccc(OC)c(Cl)c2)c1C. The molecule has 7 heteroatoms. The summed E-state index contributed by atoms with van der Waals surface area (Å²) in [7, 11) is 1.62. The van der Waals surface area contributed by atoms with Crippen LogP contribution in [0, 0.1) is 20.8 Å². The van der Waals surface area contributed by atoms with Crippen LogP contribution >= 0.6 is 23.8 Å². The molecule has 5 rings (SSSR count). The molecule has 3 heterocycles. The van der Waals surface area contributed by atoms with Gasteiger partial charge in [0, 0.05) is 23.3 Å². The summed E-state index contributed by atoms with van der Waals surface area (Å²) in [5.74, 6) is 0.631. The summed E-state index contributed by atoms with van der Waals surface area (Å²) in [6, 6.07) is 20.4. The molecule has 1 saturated heterocycles. The Labute approximate surface area is 229 Å². The van der Waals surface area contributed by atoms with E-state index in [0.717, 1.165) is 17.8 Å². The van der Waals surface area contributed by atoms with E-state index in [9.17, 15) is 0 Å². The molecule has 0 spiro atoms. The molecule has 0 amide bonds. The van der Waals surface area contributed by atoms with E-state index in [4.69, 9.17) is 33.5 Å². The minimum atomic E-state index is -0.133. The standard InChI is InChI=1S/C30H31ClN4OS/c1-6-21-11-9-10-18(2)28(21)34-19(3)16-23(20(34)4)29-27(25-12-7-8-15-32-25)33-30(37)35(29)22-13-14-26(36-5)24(31)17-22/h7-17,27,29H,6H2,1-5H3,(H,33,37)/t27-,29+/m1/s1. The van der Waals surface area contributed by atoms with Gasteiger partial charge in [-0.05, 0) is 92.5 Å². The molecule has 2 aromatic heterocycles. The second-order valence-electron chi connectivity index (χ2n) is 9.41. The van der Waals surface area contributed by atoms with Gasteiger partial charge in [0.05, 0.1) is 35.6 Å². The van der Waals surface area contributed by atoms with Gasteiger partial charge in [-0.25, -0.2) is 0 Å². The van der Waals surface area contributed by atoms with Crippen molar-refractivity contribution in [2.24, 2.45) is 0 Å². The normalized spacial score (nSPS) is 17.2. The van der Waals surface area contributed by atoms with Crippen molar-refractivity contribution in [3.05, 3.63) is 106 Å². The number of nitrogens with zero attached hydrogens (tertiary/aromatic N) is 3. The average Bonchev–Trinajstić information content (AvgIpc) is 3.39. The molecule has 4 aromatic rings. The molecule has 5 nitrogen and oxygen atoms in total. The lowest BCUT2D eigenvalue weighted by Gasteiger charge is -2.28. The molecule has 1 aliphatic heterocycles. The number of nitrogens with one attached hydrogen (secondary N) is 1. The molecular weight excluding hydrogens is 500 g/mol. The van der Waals surface area contributed by atoms with Gasteiger partial charge >= 0.3 is 0 Å². The molecule has 0 aliphatic carbocycles. The molecule has 1 fully saturated rings. The quantitative estimate of drug-likeness (QED) is 0.267. The highest BCUT2D eigenvalue weighted by molar-refractivity contribution is 7.80. The van der Waals surface area contributed by atoms with Crippen LogP contribution in [0.4, 0.5) is 5.69 Å². The molecule has 0 unspecified atom stereocenters. The Hall–Kier alpha value is -3.35.